The van der Waals surface area contributed by atoms with Gasteiger partial charge in [0.2, 0.25) is 0 Å². The quantitative estimate of drug-likeness (QED) is 0.842. The van der Waals surface area contributed by atoms with Crippen molar-refractivity contribution in [2.24, 2.45) is 0 Å². The SMILES string of the molecule is Nc1ccccc1S(=O)(=O)CCOC(F)(F)F. The molecule has 1 aromatic rings. The molecular weight excluding hydrogens is 259 g/mol. The first-order valence-corrected chi connectivity index (χ1v) is 6.15. The molecule has 1 rings (SSSR count). The van der Waals surface area contributed by atoms with Gasteiger partial charge in [0.05, 0.1) is 22.9 Å². The van der Waals surface area contributed by atoms with Crippen LogP contribution in [0.15, 0.2) is 29.2 Å². The van der Waals surface area contributed by atoms with Gasteiger partial charge in [-0.1, -0.05) is 12.1 Å². The molecule has 0 aromatic heterocycles. The summed E-state index contributed by atoms with van der Waals surface area (Å²) >= 11 is 0. The molecule has 0 saturated heterocycles. The maximum Gasteiger partial charge on any atom is 0.522 e. The Morgan fingerprint density at radius 3 is 2.35 bits per heavy atom. The molecule has 17 heavy (non-hydrogen) atoms. The highest BCUT2D eigenvalue weighted by Crippen LogP contribution is 2.20. The molecule has 8 heteroatoms. The average molecular weight is 269 g/mol. The molecule has 0 fully saturated rings. The van der Waals surface area contributed by atoms with Crippen LogP contribution in [0.4, 0.5) is 18.9 Å². The van der Waals surface area contributed by atoms with Crippen molar-refractivity contribution in [2.75, 3.05) is 18.1 Å². The van der Waals surface area contributed by atoms with Gasteiger partial charge >= 0.3 is 6.36 Å². The number of anilines is 1. The number of hydrogen-bond acceptors (Lipinski definition) is 4. The fourth-order valence-electron chi connectivity index (χ4n) is 1.14. The molecule has 0 aliphatic heterocycles. The molecule has 0 saturated carbocycles. The number of alkyl halides is 3. The van der Waals surface area contributed by atoms with Crippen molar-refractivity contribution in [3.63, 3.8) is 0 Å². The van der Waals surface area contributed by atoms with Crippen LogP contribution in [0.2, 0.25) is 0 Å². The molecule has 0 amide bonds. The smallest absolute Gasteiger partial charge is 0.398 e. The van der Waals surface area contributed by atoms with Gasteiger partial charge < -0.3 is 5.73 Å². The van der Waals surface area contributed by atoms with E-state index in [4.69, 9.17) is 5.73 Å². The van der Waals surface area contributed by atoms with E-state index in [2.05, 4.69) is 4.74 Å². The molecule has 96 valence electrons. The third-order valence-electron chi connectivity index (χ3n) is 1.87. The number of rotatable bonds is 4. The molecule has 4 nitrogen and oxygen atoms in total. The number of hydrogen-bond donors (Lipinski definition) is 1. The van der Waals surface area contributed by atoms with Crippen LogP contribution in [0.1, 0.15) is 0 Å². The van der Waals surface area contributed by atoms with Crippen LogP contribution in [0.3, 0.4) is 0 Å². The van der Waals surface area contributed by atoms with Crippen LogP contribution in [-0.4, -0.2) is 27.1 Å². The largest absolute Gasteiger partial charge is 0.522 e. The third-order valence-corrected chi connectivity index (χ3v) is 3.62. The second kappa shape index (κ2) is 4.92. The average Bonchev–Trinajstić information content (AvgIpc) is 2.15. The summed E-state index contributed by atoms with van der Waals surface area (Å²) in [5, 5.41) is 0. The van der Waals surface area contributed by atoms with Gasteiger partial charge in [0.25, 0.3) is 0 Å². The molecule has 0 atom stereocenters. The maximum atomic E-state index is 11.7. The van der Waals surface area contributed by atoms with E-state index in [0.29, 0.717) is 0 Å². The summed E-state index contributed by atoms with van der Waals surface area (Å²) in [6, 6.07) is 5.56. The Kier molecular flexibility index (Phi) is 3.99. The topological polar surface area (TPSA) is 69.4 Å². The normalized spacial score (nSPS) is 12.6. The van der Waals surface area contributed by atoms with Crippen molar-refractivity contribution in [1.29, 1.82) is 0 Å². The Bertz CT molecular complexity index is 485. The molecule has 0 spiro atoms. The summed E-state index contributed by atoms with van der Waals surface area (Å²) in [4.78, 5) is -0.189. The van der Waals surface area contributed by atoms with Crippen molar-refractivity contribution in [1.82, 2.24) is 0 Å². The fraction of sp³-hybridized carbons (Fsp3) is 0.333. The molecule has 0 heterocycles. The zero-order valence-electron chi connectivity index (χ0n) is 8.57. The Morgan fingerprint density at radius 2 is 1.82 bits per heavy atom. The van der Waals surface area contributed by atoms with Crippen molar-refractivity contribution in [3.05, 3.63) is 24.3 Å². The molecule has 0 unspecified atom stereocenters. The Labute approximate surface area is 96.1 Å². The van der Waals surface area contributed by atoms with Crippen molar-refractivity contribution in [2.45, 2.75) is 11.3 Å². The first-order valence-electron chi connectivity index (χ1n) is 4.50. The summed E-state index contributed by atoms with van der Waals surface area (Å²) in [6.45, 7) is -0.958. The van der Waals surface area contributed by atoms with E-state index in [1.54, 1.807) is 0 Å². The number of nitrogens with two attached hydrogens (primary N) is 1. The van der Waals surface area contributed by atoms with Crippen LogP contribution in [0, 0.1) is 0 Å². The fourth-order valence-corrected chi connectivity index (χ4v) is 2.38. The molecule has 0 bridgehead atoms. The predicted molar refractivity (Wildman–Crippen MR) is 54.9 cm³/mol. The van der Waals surface area contributed by atoms with Crippen molar-refractivity contribution in [3.8, 4) is 0 Å². The third kappa shape index (κ3) is 4.23. The molecule has 0 radical (unpaired) electrons. The summed E-state index contributed by atoms with van der Waals surface area (Å²) in [5.74, 6) is -0.777. The standard InChI is InChI=1S/C9H10F3NO3S/c10-9(11,12)16-5-6-17(14,15)8-4-2-1-3-7(8)13/h1-4H,5-6,13H2. The maximum absolute atomic E-state index is 11.7. The highest BCUT2D eigenvalue weighted by molar-refractivity contribution is 7.91. The monoisotopic (exact) mass is 269 g/mol. The lowest BCUT2D eigenvalue weighted by molar-refractivity contribution is -0.322. The minimum Gasteiger partial charge on any atom is -0.398 e. The van der Waals surface area contributed by atoms with Crippen LogP contribution < -0.4 is 5.73 Å². The zero-order chi connectivity index (χ0) is 13.1. The van der Waals surface area contributed by atoms with E-state index >= 15 is 0 Å². The second-order valence-corrected chi connectivity index (χ2v) is 5.23. The van der Waals surface area contributed by atoms with Gasteiger partial charge in [-0.3, -0.25) is 4.74 Å². The lowest BCUT2D eigenvalue weighted by Crippen LogP contribution is -2.20. The Hall–Kier alpha value is -1.28. The van der Waals surface area contributed by atoms with Gasteiger partial charge in [-0.2, -0.15) is 0 Å². The number of sulfone groups is 1. The van der Waals surface area contributed by atoms with E-state index in [-0.39, 0.29) is 10.6 Å². The summed E-state index contributed by atoms with van der Waals surface area (Å²) in [5.41, 5.74) is 5.42. The minimum absolute atomic E-state index is 0.000455. The van der Waals surface area contributed by atoms with E-state index < -0.39 is 28.6 Å². The summed E-state index contributed by atoms with van der Waals surface area (Å²) in [7, 11) is -3.86. The van der Waals surface area contributed by atoms with Gasteiger partial charge in [0.1, 0.15) is 0 Å². The highest BCUT2D eigenvalue weighted by Gasteiger charge is 2.30. The van der Waals surface area contributed by atoms with Gasteiger partial charge in [-0.15, -0.1) is 13.2 Å². The van der Waals surface area contributed by atoms with E-state index in [9.17, 15) is 21.6 Å². The lowest BCUT2D eigenvalue weighted by atomic mass is 10.3. The van der Waals surface area contributed by atoms with Crippen LogP contribution in [0.5, 0.6) is 0 Å². The first kappa shape index (κ1) is 13.8. The second-order valence-electron chi connectivity index (χ2n) is 3.15. The van der Waals surface area contributed by atoms with E-state index in [0.717, 1.165) is 0 Å². The number of para-hydroxylation sites is 1. The van der Waals surface area contributed by atoms with Crippen LogP contribution in [0.25, 0.3) is 0 Å². The number of nitrogen functional groups attached to an aromatic ring is 1. The van der Waals surface area contributed by atoms with Crippen molar-refractivity contribution >= 4 is 15.5 Å². The van der Waals surface area contributed by atoms with E-state index in [1.807, 2.05) is 0 Å². The predicted octanol–water partition coefficient (Wildman–Crippen LogP) is 1.58. The molecule has 0 aliphatic carbocycles. The Balaban J connectivity index is 2.74. The van der Waals surface area contributed by atoms with Gasteiger partial charge in [0, 0.05) is 0 Å². The van der Waals surface area contributed by atoms with Crippen LogP contribution >= 0.6 is 0 Å². The van der Waals surface area contributed by atoms with Gasteiger partial charge in [-0.05, 0) is 12.1 Å². The zero-order valence-corrected chi connectivity index (χ0v) is 9.38. The number of halogens is 3. The highest BCUT2D eigenvalue weighted by atomic mass is 32.2. The minimum atomic E-state index is -4.84. The molecular formula is C9H10F3NO3S. The van der Waals surface area contributed by atoms with Gasteiger partial charge in [-0.25, -0.2) is 8.42 Å². The molecule has 0 aliphatic rings. The Morgan fingerprint density at radius 1 is 1.24 bits per heavy atom. The summed E-state index contributed by atoms with van der Waals surface area (Å²) in [6.07, 6.45) is -4.84. The molecule has 2 N–H and O–H groups in total. The van der Waals surface area contributed by atoms with Crippen LogP contribution in [-0.2, 0) is 14.6 Å². The molecule has 1 aromatic carbocycles. The van der Waals surface area contributed by atoms with Gasteiger partial charge in [0.15, 0.2) is 9.84 Å². The number of ether oxygens (including phenoxy) is 1. The van der Waals surface area contributed by atoms with Crippen molar-refractivity contribution < 1.29 is 26.3 Å². The summed E-state index contributed by atoms with van der Waals surface area (Å²) < 4.78 is 61.6. The first-order chi connectivity index (χ1) is 7.72. The number of benzene rings is 1. The van der Waals surface area contributed by atoms with E-state index in [1.165, 1.54) is 24.3 Å². The lowest BCUT2D eigenvalue weighted by Gasteiger charge is -2.09.